The van der Waals surface area contributed by atoms with E-state index in [1.807, 2.05) is 6.92 Å². The summed E-state index contributed by atoms with van der Waals surface area (Å²) < 4.78 is 0. The molecule has 1 rings (SSSR count). The van der Waals surface area contributed by atoms with Crippen LogP contribution in [0.1, 0.15) is 25.3 Å². The molecule has 2 N–H and O–H groups in total. The lowest BCUT2D eigenvalue weighted by Gasteiger charge is -2.11. The number of nitrogens with one attached hydrogen (secondary N) is 1. The molecule has 0 aliphatic carbocycles. The molecule has 1 aromatic carbocycles. The van der Waals surface area contributed by atoms with E-state index in [1.54, 1.807) is 18.2 Å². The van der Waals surface area contributed by atoms with Gasteiger partial charge in [-0.2, -0.15) is 0 Å². The van der Waals surface area contributed by atoms with Crippen molar-refractivity contribution in [1.82, 2.24) is 5.32 Å². The van der Waals surface area contributed by atoms with Gasteiger partial charge in [-0.15, -0.1) is 0 Å². The van der Waals surface area contributed by atoms with E-state index >= 15 is 0 Å². The van der Waals surface area contributed by atoms with Crippen molar-refractivity contribution in [2.45, 2.75) is 32.3 Å². The number of benzene rings is 1. The largest absolute Gasteiger partial charge is 0.391 e. The van der Waals surface area contributed by atoms with Gasteiger partial charge in [0.05, 0.1) is 12.5 Å². The summed E-state index contributed by atoms with van der Waals surface area (Å²) in [6, 6.07) is 5.03. The lowest BCUT2D eigenvalue weighted by Crippen LogP contribution is -2.33. The zero-order chi connectivity index (χ0) is 13.5. The third-order valence-corrected chi connectivity index (χ3v) is 3.11. The minimum absolute atomic E-state index is 0.158. The average Bonchev–Trinajstić information content (AvgIpc) is 2.31. The molecule has 0 fully saturated rings. The van der Waals surface area contributed by atoms with Gasteiger partial charge in [0.2, 0.25) is 5.91 Å². The van der Waals surface area contributed by atoms with Gasteiger partial charge in [0, 0.05) is 16.6 Å². The Hall–Kier alpha value is -0.770. The Balaban J connectivity index is 2.44. The molecule has 3 nitrogen and oxygen atoms in total. The normalized spacial score (nSPS) is 12.2. The van der Waals surface area contributed by atoms with Crippen LogP contribution < -0.4 is 5.32 Å². The van der Waals surface area contributed by atoms with E-state index in [0.717, 1.165) is 12.0 Å². The van der Waals surface area contributed by atoms with Crippen LogP contribution in [0.5, 0.6) is 0 Å². The molecule has 5 heteroatoms. The molecule has 0 heterocycles. The first-order valence-electron chi connectivity index (χ1n) is 5.91. The Morgan fingerprint density at radius 1 is 1.44 bits per heavy atom. The smallest absolute Gasteiger partial charge is 0.224 e. The summed E-state index contributed by atoms with van der Waals surface area (Å²) in [5, 5.41) is 13.2. The predicted octanol–water partition coefficient (Wildman–Crippen LogP) is 2.81. The third-order valence-electron chi connectivity index (χ3n) is 2.52. The number of halogens is 2. The van der Waals surface area contributed by atoms with Gasteiger partial charge in [0.25, 0.3) is 0 Å². The Morgan fingerprint density at radius 3 is 2.78 bits per heavy atom. The van der Waals surface area contributed by atoms with Crippen LogP contribution in [0.4, 0.5) is 0 Å². The zero-order valence-electron chi connectivity index (χ0n) is 10.2. The second kappa shape index (κ2) is 7.62. The number of carbonyl (C=O) groups is 1. The average molecular weight is 290 g/mol. The highest BCUT2D eigenvalue weighted by Gasteiger charge is 2.09. The van der Waals surface area contributed by atoms with Gasteiger partial charge in [-0.25, -0.2) is 0 Å². The molecule has 0 saturated carbocycles. The number of aliphatic hydroxyl groups is 1. The first-order chi connectivity index (χ1) is 8.52. The number of rotatable bonds is 6. The molecule has 18 heavy (non-hydrogen) atoms. The Kier molecular flexibility index (Phi) is 6.47. The molecule has 0 radical (unpaired) electrons. The van der Waals surface area contributed by atoms with Crippen molar-refractivity contribution in [2.24, 2.45) is 0 Å². The summed E-state index contributed by atoms with van der Waals surface area (Å²) in [5.74, 6) is -0.158. The molecule has 1 amide bonds. The monoisotopic (exact) mass is 289 g/mol. The van der Waals surface area contributed by atoms with E-state index in [4.69, 9.17) is 23.2 Å². The second-order valence-electron chi connectivity index (χ2n) is 4.16. The number of hydrogen-bond donors (Lipinski definition) is 2. The van der Waals surface area contributed by atoms with Crippen molar-refractivity contribution in [1.29, 1.82) is 0 Å². The SMILES string of the molecule is CCCC(O)CNC(=O)Cc1ccc(Cl)cc1Cl. The van der Waals surface area contributed by atoms with Crippen LogP contribution in [0.15, 0.2) is 18.2 Å². The fourth-order valence-electron chi connectivity index (χ4n) is 1.57. The molecule has 1 aromatic rings. The molecule has 0 saturated heterocycles. The molecular weight excluding hydrogens is 273 g/mol. The fraction of sp³-hybridized carbons (Fsp3) is 0.462. The summed E-state index contributed by atoms with van der Waals surface area (Å²) in [7, 11) is 0. The maximum absolute atomic E-state index is 11.6. The standard InChI is InChI=1S/C13H17Cl2NO2/c1-2-3-11(17)8-16-13(18)6-9-4-5-10(14)7-12(9)15/h4-5,7,11,17H,2-3,6,8H2,1H3,(H,16,18). The van der Waals surface area contributed by atoms with Crippen LogP contribution in [-0.4, -0.2) is 23.7 Å². The van der Waals surface area contributed by atoms with Gasteiger partial charge < -0.3 is 10.4 Å². The second-order valence-corrected chi connectivity index (χ2v) is 5.00. The van der Waals surface area contributed by atoms with E-state index in [0.29, 0.717) is 16.5 Å². The van der Waals surface area contributed by atoms with Crippen LogP contribution in [0.25, 0.3) is 0 Å². The summed E-state index contributed by atoms with van der Waals surface area (Å²) in [5.41, 5.74) is 0.726. The molecule has 0 aromatic heterocycles. The quantitative estimate of drug-likeness (QED) is 0.846. The lowest BCUT2D eigenvalue weighted by atomic mass is 10.1. The highest BCUT2D eigenvalue weighted by molar-refractivity contribution is 6.35. The number of carbonyl (C=O) groups excluding carboxylic acids is 1. The highest BCUT2D eigenvalue weighted by atomic mass is 35.5. The number of hydrogen-bond acceptors (Lipinski definition) is 2. The van der Waals surface area contributed by atoms with Crippen molar-refractivity contribution in [3.8, 4) is 0 Å². The van der Waals surface area contributed by atoms with Crippen LogP contribution in [-0.2, 0) is 11.2 Å². The van der Waals surface area contributed by atoms with E-state index < -0.39 is 6.10 Å². The van der Waals surface area contributed by atoms with Gasteiger partial charge in [-0.3, -0.25) is 4.79 Å². The minimum atomic E-state index is -0.486. The van der Waals surface area contributed by atoms with Crippen LogP contribution in [0.3, 0.4) is 0 Å². The van der Waals surface area contributed by atoms with Crippen LogP contribution in [0, 0.1) is 0 Å². The lowest BCUT2D eigenvalue weighted by molar-refractivity contribution is -0.120. The zero-order valence-corrected chi connectivity index (χ0v) is 11.8. The van der Waals surface area contributed by atoms with Crippen molar-refractivity contribution in [2.75, 3.05) is 6.54 Å². The van der Waals surface area contributed by atoms with E-state index in [-0.39, 0.29) is 18.9 Å². The number of aliphatic hydroxyl groups excluding tert-OH is 1. The third kappa shape index (κ3) is 5.25. The van der Waals surface area contributed by atoms with E-state index in [9.17, 15) is 9.90 Å². The van der Waals surface area contributed by atoms with E-state index in [1.165, 1.54) is 0 Å². The Labute approximate surface area is 117 Å². The van der Waals surface area contributed by atoms with Gasteiger partial charge >= 0.3 is 0 Å². The predicted molar refractivity (Wildman–Crippen MR) is 74.1 cm³/mol. The van der Waals surface area contributed by atoms with Crippen molar-refractivity contribution in [3.05, 3.63) is 33.8 Å². The molecule has 0 aliphatic rings. The molecular formula is C13H17Cl2NO2. The first kappa shape index (κ1) is 15.3. The molecule has 0 bridgehead atoms. The molecule has 100 valence electrons. The fourth-order valence-corrected chi connectivity index (χ4v) is 2.04. The van der Waals surface area contributed by atoms with Crippen LogP contribution >= 0.6 is 23.2 Å². The maximum atomic E-state index is 11.6. The molecule has 0 spiro atoms. The Morgan fingerprint density at radius 2 is 2.17 bits per heavy atom. The topological polar surface area (TPSA) is 49.3 Å². The number of amides is 1. The summed E-state index contributed by atoms with van der Waals surface area (Å²) in [6.45, 7) is 2.26. The van der Waals surface area contributed by atoms with Crippen molar-refractivity contribution >= 4 is 29.1 Å². The molecule has 1 unspecified atom stereocenters. The van der Waals surface area contributed by atoms with Crippen LogP contribution in [0.2, 0.25) is 10.0 Å². The van der Waals surface area contributed by atoms with E-state index in [2.05, 4.69) is 5.32 Å². The maximum Gasteiger partial charge on any atom is 0.224 e. The summed E-state index contributed by atoms with van der Waals surface area (Å²) in [6.07, 6.45) is 1.27. The van der Waals surface area contributed by atoms with Gasteiger partial charge in [-0.1, -0.05) is 42.6 Å². The van der Waals surface area contributed by atoms with Gasteiger partial charge in [0.1, 0.15) is 0 Å². The summed E-state index contributed by atoms with van der Waals surface area (Å²) >= 11 is 11.7. The van der Waals surface area contributed by atoms with Crippen molar-refractivity contribution < 1.29 is 9.90 Å². The molecule has 1 atom stereocenters. The van der Waals surface area contributed by atoms with Gasteiger partial charge in [-0.05, 0) is 24.1 Å². The first-order valence-corrected chi connectivity index (χ1v) is 6.67. The summed E-state index contributed by atoms with van der Waals surface area (Å²) in [4.78, 5) is 11.6. The Bertz CT molecular complexity index is 410. The molecule has 0 aliphatic heterocycles. The highest BCUT2D eigenvalue weighted by Crippen LogP contribution is 2.21. The van der Waals surface area contributed by atoms with Gasteiger partial charge in [0.15, 0.2) is 0 Å². The van der Waals surface area contributed by atoms with Crippen molar-refractivity contribution in [3.63, 3.8) is 0 Å². The minimum Gasteiger partial charge on any atom is -0.391 e.